The minimum absolute atomic E-state index is 0.160. The third kappa shape index (κ3) is 4.09. The van der Waals surface area contributed by atoms with Crippen LogP contribution in [0.15, 0.2) is 0 Å². The van der Waals surface area contributed by atoms with E-state index in [0.29, 0.717) is 24.4 Å². The van der Waals surface area contributed by atoms with Crippen molar-refractivity contribution in [2.75, 3.05) is 33.3 Å². The molecular weight excluding hydrogens is 368 g/mol. The molecule has 12 heteroatoms. The minimum Gasteiger partial charge on any atom is -0.316 e. The van der Waals surface area contributed by atoms with Crippen molar-refractivity contribution in [3.63, 3.8) is 0 Å². The summed E-state index contributed by atoms with van der Waals surface area (Å²) in [5.41, 5.74) is 0. The molecule has 0 aliphatic carbocycles. The molecule has 3 atom stereocenters. The molecule has 0 spiro atoms. The van der Waals surface area contributed by atoms with Crippen molar-refractivity contribution in [1.82, 2.24) is 20.3 Å². The van der Waals surface area contributed by atoms with E-state index >= 15 is 0 Å². The average molecular weight is 392 g/mol. The van der Waals surface area contributed by atoms with Gasteiger partial charge in [-0.15, -0.1) is 4.28 Å². The molecule has 0 aromatic carbocycles. The van der Waals surface area contributed by atoms with Crippen molar-refractivity contribution in [3.05, 3.63) is 0 Å². The highest BCUT2D eigenvalue weighted by Gasteiger charge is 2.50. The highest BCUT2D eigenvalue weighted by molar-refractivity contribution is 7.80. The van der Waals surface area contributed by atoms with E-state index in [0.717, 1.165) is 25.9 Å². The molecule has 3 saturated heterocycles. The molecule has 0 saturated carbocycles. The number of carbonyl (C=O) groups is 2. The van der Waals surface area contributed by atoms with Gasteiger partial charge in [-0.25, -0.2) is 9.86 Å². The number of urea groups is 1. The fourth-order valence-electron chi connectivity index (χ4n) is 3.82. The van der Waals surface area contributed by atoms with Gasteiger partial charge in [-0.05, 0) is 44.7 Å². The van der Waals surface area contributed by atoms with Gasteiger partial charge < -0.3 is 10.2 Å². The number of carbonyl (C=O) groups excluding carboxylic acids is 2. The third-order valence-corrected chi connectivity index (χ3v) is 5.42. The second-order valence-corrected chi connectivity index (χ2v) is 7.81. The molecule has 2 bridgehead atoms. The zero-order valence-electron chi connectivity index (χ0n) is 14.5. The van der Waals surface area contributed by atoms with Gasteiger partial charge in [-0.1, -0.05) is 0 Å². The van der Waals surface area contributed by atoms with Gasteiger partial charge in [0.15, 0.2) is 0 Å². The molecule has 148 valence electrons. The number of nitrogens with one attached hydrogen (secondary N) is 1. The van der Waals surface area contributed by atoms with E-state index in [-0.39, 0.29) is 18.4 Å². The van der Waals surface area contributed by atoms with Gasteiger partial charge in [0.2, 0.25) is 0 Å². The molecule has 3 unspecified atom stereocenters. The first kappa shape index (κ1) is 19.3. The predicted molar refractivity (Wildman–Crippen MR) is 87.7 cm³/mol. The zero-order valence-corrected chi connectivity index (χ0v) is 15.4. The summed E-state index contributed by atoms with van der Waals surface area (Å²) in [5, 5.41) is 5.19. The Bertz CT molecular complexity index is 652. The second kappa shape index (κ2) is 7.64. The van der Waals surface area contributed by atoms with Crippen LogP contribution in [0.1, 0.15) is 25.7 Å². The summed E-state index contributed by atoms with van der Waals surface area (Å²) in [4.78, 5) is 31.8. The molecule has 3 fully saturated rings. The number of fused-ring (bicyclic) bond motifs is 2. The number of nitrogens with zero attached hydrogens (tertiary/aromatic N) is 3. The molecule has 11 nitrogen and oxygen atoms in total. The fraction of sp³-hybridized carbons (Fsp3) is 0.857. The highest BCUT2D eigenvalue weighted by atomic mass is 32.3. The zero-order chi connectivity index (χ0) is 18.9. The molecule has 3 rings (SSSR count). The van der Waals surface area contributed by atoms with E-state index in [4.69, 9.17) is 9.39 Å². The largest absolute Gasteiger partial charge is 0.418 e. The van der Waals surface area contributed by atoms with E-state index in [2.05, 4.69) is 9.60 Å². The standard InChI is InChI=1S/C14H24N4O7S/c1-24-17(8-10-3-2-6-15-7-10)13(19)12-5-4-11-9-16(12)14(20)18(11)25-26(21,22)23/h10-12,15H,2-9H2,1H3,(H,21,22,23). The molecule has 0 aromatic rings. The van der Waals surface area contributed by atoms with Crippen LogP contribution in [-0.4, -0.2) is 85.3 Å². The first-order chi connectivity index (χ1) is 12.3. The Morgan fingerprint density at radius 3 is 2.77 bits per heavy atom. The Balaban J connectivity index is 1.67. The van der Waals surface area contributed by atoms with Gasteiger partial charge in [-0.2, -0.15) is 13.5 Å². The Hall–Kier alpha value is -1.47. The molecular formula is C14H24N4O7S. The normalized spacial score (nSPS) is 29.2. The van der Waals surface area contributed by atoms with Gasteiger partial charge in [0, 0.05) is 6.54 Å². The topological polar surface area (TPSA) is 129 Å². The maximum Gasteiger partial charge on any atom is 0.418 e. The van der Waals surface area contributed by atoms with Crippen molar-refractivity contribution in [3.8, 4) is 0 Å². The monoisotopic (exact) mass is 392 g/mol. The molecule has 0 radical (unpaired) electrons. The van der Waals surface area contributed by atoms with Crippen molar-refractivity contribution in [2.24, 2.45) is 5.92 Å². The van der Waals surface area contributed by atoms with E-state index in [1.54, 1.807) is 0 Å². The fourth-order valence-corrected chi connectivity index (χ4v) is 4.21. The third-order valence-electron chi connectivity index (χ3n) is 5.07. The molecule has 3 aliphatic heterocycles. The van der Waals surface area contributed by atoms with Gasteiger partial charge in [0.25, 0.3) is 5.91 Å². The van der Waals surface area contributed by atoms with Gasteiger partial charge in [-0.3, -0.25) is 14.2 Å². The number of rotatable bonds is 6. The van der Waals surface area contributed by atoms with Gasteiger partial charge >= 0.3 is 16.4 Å². The first-order valence-electron chi connectivity index (χ1n) is 8.63. The lowest BCUT2D eigenvalue weighted by Gasteiger charge is -2.34. The Morgan fingerprint density at radius 2 is 2.15 bits per heavy atom. The number of hydrogen-bond acceptors (Lipinski definition) is 7. The molecule has 3 heterocycles. The molecule has 0 aromatic heterocycles. The summed E-state index contributed by atoms with van der Waals surface area (Å²) in [7, 11) is -3.39. The summed E-state index contributed by atoms with van der Waals surface area (Å²) in [6.45, 7) is 2.36. The predicted octanol–water partition coefficient (Wildman–Crippen LogP) is -0.621. The molecule has 26 heavy (non-hydrogen) atoms. The Kier molecular flexibility index (Phi) is 5.67. The second-order valence-electron chi connectivity index (χ2n) is 6.80. The van der Waals surface area contributed by atoms with Crippen molar-refractivity contribution >= 4 is 22.3 Å². The Morgan fingerprint density at radius 1 is 1.38 bits per heavy atom. The SMILES string of the molecule is CON(CC1CCCNC1)C(=O)C1CCC2CN1C(=O)N2OS(=O)(=O)O. The lowest BCUT2D eigenvalue weighted by molar-refractivity contribution is -0.184. The van der Waals surface area contributed by atoms with Crippen LogP contribution in [0.3, 0.4) is 0 Å². The maximum absolute atomic E-state index is 12.9. The van der Waals surface area contributed by atoms with Gasteiger partial charge in [0.05, 0.1) is 19.7 Å². The molecule has 3 amide bonds. The quantitative estimate of drug-likeness (QED) is 0.452. The molecule has 3 aliphatic rings. The maximum atomic E-state index is 12.9. The van der Waals surface area contributed by atoms with Crippen LogP contribution >= 0.6 is 0 Å². The summed E-state index contributed by atoms with van der Waals surface area (Å²) in [5.74, 6) is -0.0591. The van der Waals surface area contributed by atoms with Crippen molar-refractivity contribution < 1.29 is 31.7 Å². The number of hydrogen-bond donors (Lipinski definition) is 2. The van der Waals surface area contributed by atoms with Crippen molar-refractivity contribution in [2.45, 2.75) is 37.8 Å². The van der Waals surface area contributed by atoms with Crippen LogP contribution in [0.2, 0.25) is 0 Å². The first-order valence-corrected chi connectivity index (χ1v) is 9.99. The Labute approximate surface area is 152 Å². The summed E-state index contributed by atoms with van der Waals surface area (Å²) >= 11 is 0. The van der Waals surface area contributed by atoms with Crippen LogP contribution in [0.4, 0.5) is 4.79 Å². The van der Waals surface area contributed by atoms with Crippen LogP contribution in [0.25, 0.3) is 0 Å². The van der Waals surface area contributed by atoms with E-state index in [1.807, 2.05) is 0 Å². The lowest BCUT2D eigenvalue weighted by Crippen LogP contribution is -2.52. The summed E-state index contributed by atoms with van der Waals surface area (Å²) in [6.07, 6.45) is 2.78. The number of piperidine rings is 2. The smallest absolute Gasteiger partial charge is 0.316 e. The van der Waals surface area contributed by atoms with Crippen LogP contribution < -0.4 is 5.32 Å². The summed E-state index contributed by atoms with van der Waals surface area (Å²) < 4.78 is 35.1. The van der Waals surface area contributed by atoms with Crippen LogP contribution in [0.5, 0.6) is 0 Å². The van der Waals surface area contributed by atoms with E-state index in [9.17, 15) is 18.0 Å². The number of amides is 3. The van der Waals surface area contributed by atoms with Gasteiger partial charge in [0.1, 0.15) is 6.04 Å². The van der Waals surface area contributed by atoms with E-state index < -0.39 is 28.5 Å². The summed E-state index contributed by atoms with van der Waals surface area (Å²) in [6, 6.07) is -2.02. The lowest BCUT2D eigenvalue weighted by atomic mass is 9.98. The molecule has 2 N–H and O–H groups in total. The van der Waals surface area contributed by atoms with E-state index in [1.165, 1.54) is 17.1 Å². The average Bonchev–Trinajstić information content (AvgIpc) is 2.84. The van der Waals surface area contributed by atoms with Crippen LogP contribution in [-0.2, 0) is 24.3 Å². The number of hydroxylamine groups is 4. The van der Waals surface area contributed by atoms with Crippen LogP contribution in [0, 0.1) is 5.92 Å². The minimum atomic E-state index is -4.81. The highest BCUT2D eigenvalue weighted by Crippen LogP contribution is 2.31. The van der Waals surface area contributed by atoms with Crippen molar-refractivity contribution in [1.29, 1.82) is 0 Å².